The maximum atomic E-state index is 12.2. The third-order valence-corrected chi connectivity index (χ3v) is 6.16. The Balaban J connectivity index is 1.62. The molecule has 0 aromatic heterocycles. The van der Waals surface area contributed by atoms with E-state index >= 15 is 0 Å². The third-order valence-electron chi connectivity index (χ3n) is 6.16. The summed E-state index contributed by atoms with van der Waals surface area (Å²) in [5.41, 5.74) is 4.14. The van der Waals surface area contributed by atoms with Crippen molar-refractivity contribution < 1.29 is 28.5 Å². The lowest BCUT2D eigenvalue weighted by Gasteiger charge is -2.22. The number of allylic oxidation sites excluding steroid dienone is 2. The van der Waals surface area contributed by atoms with Crippen LogP contribution in [0.25, 0.3) is 0 Å². The van der Waals surface area contributed by atoms with Gasteiger partial charge in [0, 0.05) is 37.3 Å². The minimum atomic E-state index is -0.360. The van der Waals surface area contributed by atoms with E-state index in [9.17, 15) is 9.59 Å². The van der Waals surface area contributed by atoms with E-state index in [-0.39, 0.29) is 18.5 Å². The van der Waals surface area contributed by atoms with Crippen LogP contribution >= 0.6 is 0 Å². The van der Waals surface area contributed by atoms with E-state index < -0.39 is 0 Å². The Bertz CT molecular complexity index is 854. The molecule has 0 radical (unpaired) electrons. The summed E-state index contributed by atoms with van der Waals surface area (Å²) < 4.78 is 21.8. The normalized spacial score (nSPS) is 16.6. The highest BCUT2D eigenvalue weighted by molar-refractivity contribution is 5.98. The molecule has 1 saturated heterocycles. The van der Waals surface area contributed by atoms with E-state index in [2.05, 4.69) is 11.4 Å². The second-order valence-electron chi connectivity index (χ2n) is 8.21. The van der Waals surface area contributed by atoms with E-state index in [0.29, 0.717) is 42.2 Å². The van der Waals surface area contributed by atoms with Gasteiger partial charge in [-0.05, 0) is 51.0 Å². The van der Waals surface area contributed by atoms with Gasteiger partial charge in [0.05, 0.1) is 14.2 Å². The molecule has 0 saturated carbocycles. The molecule has 0 atom stereocenters. The molecular weight excluding hydrogens is 398 g/mol. The van der Waals surface area contributed by atoms with E-state index in [1.165, 1.54) is 0 Å². The van der Waals surface area contributed by atoms with Crippen LogP contribution < -0.4 is 14.8 Å². The number of rotatable bonds is 9. The van der Waals surface area contributed by atoms with Crippen molar-refractivity contribution in [2.24, 2.45) is 5.92 Å². The van der Waals surface area contributed by atoms with Gasteiger partial charge in [0.25, 0.3) is 0 Å². The lowest BCUT2D eigenvalue weighted by molar-refractivity contribution is -0.121. The van der Waals surface area contributed by atoms with Crippen molar-refractivity contribution in [3.05, 3.63) is 33.9 Å². The number of fused-ring (bicyclic) bond motifs is 1. The molecule has 2 aliphatic heterocycles. The number of benzene rings is 1. The van der Waals surface area contributed by atoms with Crippen LogP contribution in [0.4, 0.5) is 0 Å². The Labute approximate surface area is 184 Å². The van der Waals surface area contributed by atoms with Crippen LogP contribution in [0.15, 0.2) is 11.6 Å². The molecule has 7 heteroatoms. The molecule has 1 amide bonds. The average molecular weight is 432 g/mol. The highest BCUT2D eigenvalue weighted by atomic mass is 16.5. The maximum absolute atomic E-state index is 12.2. The van der Waals surface area contributed by atoms with Gasteiger partial charge in [-0.25, -0.2) is 4.79 Å². The van der Waals surface area contributed by atoms with Crippen LogP contribution in [0.3, 0.4) is 0 Å². The fourth-order valence-electron chi connectivity index (χ4n) is 4.22. The van der Waals surface area contributed by atoms with E-state index in [4.69, 9.17) is 18.9 Å². The predicted molar refractivity (Wildman–Crippen MR) is 117 cm³/mol. The van der Waals surface area contributed by atoms with Gasteiger partial charge in [-0.15, -0.1) is 0 Å². The minimum Gasteiger partial charge on any atom is -0.496 e. The van der Waals surface area contributed by atoms with Crippen molar-refractivity contribution in [3.8, 4) is 11.5 Å². The lowest BCUT2D eigenvalue weighted by atomic mass is 9.94. The highest BCUT2D eigenvalue weighted by Crippen LogP contribution is 2.42. The molecule has 1 aromatic carbocycles. The number of amides is 1. The molecule has 2 heterocycles. The zero-order valence-corrected chi connectivity index (χ0v) is 19.0. The van der Waals surface area contributed by atoms with Gasteiger partial charge < -0.3 is 24.3 Å². The van der Waals surface area contributed by atoms with Crippen molar-refractivity contribution in [1.82, 2.24) is 5.32 Å². The summed E-state index contributed by atoms with van der Waals surface area (Å²) in [4.78, 5) is 24.4. The molecule has 0 spiro atoms. The summed E-state index contributed by atoms with van der Waals surface area (Å²) in [5, 5.41) is 3.05. The molecule has 170 valence electrons. The number of esters is 1. The summed E-state index contributed by atoms with van der Waals surface area (Å²) in [6.07, 6.45) is 5.76. The quantitative estimate of drug-likeness (QED) is 0.476. The molecule has 1 fully saturated rings. The SMILES string of the molecule is COc1c(C)c2c(c(OC)c1CC=C(C)CCC(=O)NCC1CCOCC1)C(=O)OC2. The molecule has 7 nitrogen and oxygen atoms in total. The number of hydrogen-bond donors (Lipinski definition) is 1. The maximum Gasteiger partial charge on any atom is 0.342 e. The van der Waals surface area contributed by atoms with E-state index in [1.807, 2.05) is 13.8 Å². The Morgan fingerprint density at radius 2 is 1.87 bits per heavy atom. The van der Waals surface area contributed by atoms with Crippen LogP contribution in [0.5, 0.6) is 11.5 Å². The zero-order valence-electron chi connectivity index (χ0n) is 19.0. The van der Waals surface area contributed by atoms with E-state index in [1.54, 1.807) is 14.2 Å². The zero-order chi connectivity index (χ0) is 22.4. The van der Waals surface area contributed by atoms with Gasteiger partial charge >= 0.3 is 5.97 Å². The minimum absolute atomic E-state index is 0.0746. The highest BCUT2D eigenvalue weighted by Gasteiger charge is 2.32. The monoisotopic (exact) mass is 431 g/mol. The Kier molecular flexibility index (Phi) is 7.96. The van der Waals surface area contributed by atoms with Crippen LogP contribution in [-0.2, 0) is 27.3 Å². The van der Waals surface area contributed by atoms with Crippen molar-refractivity contribution in [2.75, 3.05) is 34.0 Å². The summed E-state index contributed by atoms with van der Waals surface area (Å²) in [6.45, 7) is 6.49. The fourth-order valence-corrected chi connectivity index (χ4v) is 4.22. The predicted octanol–water partition coefficient (Wildman–Crippen LogP) is 3.49. The van der Waals surface area contributed by atoms with Crippen molar-refractivity contribution in [3.63, 3.8) is 0 Å². The summed E-state index contributed by atoms with van der Waals surface area (Å²) in [7, 11) is 3.17. The number of ether oxygens (including phenoxy) is 4. The summed E-state index contributed by atoms with van der Waals surface area (Å²) >= 11 is 0. The second-order valence-corrected chi connectivity index (χ2v) is 8.21. The van der Waals surface area contributed by atoms with Crippen LogP contribution in [0.2, 0.25) is 0 Å². The second kappa shape index (κ2) is 10.7. The molecule has 0 bridgehead atoms. The molecule has 31 heavy (non-hydrogen) atoms. The Morgan fingerprint density at radius 3 is 2.55 bits per heavy atom. The third kappa shape index (κ3) is 5.39. The lowest BCUT2D eigenvalue weighted by Crippen LogP contribution is -2.32. The standard InChI is InChI=1S/C24H33NO6/c1-15(6-8-20(26)25-13-17-9-11-30-12-10-17)5-7-18-22(28-3)16(2)19-14-31-24(27)21(19)23(18)29-4/h5,17H,6-14H2,1-4H3,(H,25,26). The molecule has 1 N–H and O–H groups in total. The van der Waals surface area contributed by atoms with Crippen molar-refractivity contribution in [2.45, 2.75) is 52.6 Å². The number of carbonyl (C=O) groups is 2. The van der Waals surface area contributed by atoms with E-state index in [0.717, 1.165) is 54.9 Å². The first-order chi connectivity index (χ1) is 15.0. The molecule has 1 aromatic rings. The first-order valence-electron chi connectivity index (χ1n) is 10.9. The van der Waals surface area contributed by atoms with Gasteiger partial charge in [-0.3, -0.25) is 4.79 Å². The number of carbonyl (C=O) groups excluding carboxylic acids is 2. The summed E-state index contributed by atoms with van der Waals surface area (Å²) in [5.74, 6) is 1.46. The number of cyclic esters (lactones) is 1. The van der Waals surface area contributed by atoms with Crippen LogP contribution in [0, 0.1) is 12.8 Å². The molecular formula is C24H33NO6. The molecule has 0 unspecified atom stereocenters. The Morgan fingerprint density at radius 1 is 1.16 bits per heavy atom. The molecule has 3 rings (SSSR count). The smallest absolute Gasteiger partial charge is 0.342 e. The number of methoxy groups -OCH3 is 2. The number of nitrogens with one attached hydrogen (secondary N) is 1. The molecule has 2 aliphatic rings. The van der Waals surface area contributed by atoms with Crippen LogP contribution in [-0.4, -0.2) is 45.9 Å². The summed E-state index contributed by atoms with van der Waals surface area (Å²) in [6, 6.07) is 0. The van der Waals surface area contributed by atoms with Gasteiger partial charge in [0.2, 0.25) is 5.91 Å². The fraction of sp³-hybridized carbons (Fsp3) is 0.583. The van der Waals surface area contributed by atoms with Gasteiger partial charge in [-0.2, -0.15) is 0 Å². The largest absolute Gasteiger partial charge is 0.496 e. The van der Waals surface area contributed by atoms with Gasteiger partial charge in [0.15, 0.2) is 0 Å². The average Bonchev–Trinajstić information content (AvgIpc) is 3.17. The molecule has 0 aliphatic carbocycles. The Hall–Kier alpha value is -2.54. The van der Waals surface area contributed by atoms with Gasteiger partial charge in [0.1, 0.15) is 23.7 Å². The van der Waals surface area contributed by atoms with Crippen molar-refractivity contribution in [1.29, 1.82) is 0 Å². The first kappa shape index (κ1) is 23.1. The van der Waals surface area contributed by atoms with Crippen LogP contribution in [0.1, 0.15) is 59.7 Å². The van der Waals surface area contributed by atoms with Crippen molar-refractivity contribution >= 4 is 11.9 Å². The first-order valence-corrected chi connectivity index (χ1v) is 10.9. The van der Waals surface area contributed by atoms with Gasteiger partial charge in [-0.1, -0.05) is 11.6 Å². The topological polar surface area (TPSA) is 83.1 Å². The number of hydrogen-bond acceptors (Lipinski definition) is 6.